The standard InChI is InChI=1S/C13H15NO5/c1-7(2)10(15)6-19-11(16)5-14-12(17)8(3)9(4)13(14)18/h1,5-6H2,2-4H3. The Bertz CT molecular complexity index is 491. The van der Waals surface area contributed by atoms with Gasteiger partial charge in [0.2, 0.25) is 0 Å². The minimum atomic E-state index is -0.807. The molecular formula is C13H15NO5. The first-order chi connectivity index (χ1) is 8.75. The van der Waals surface area contributed by atoms with Gasteiger partial charge >= 0.3 is 5.97 Å². The molecule has 0 atom stereocenters. The van der Waals surface area contributed by atoms with Crippen LogP contribution in [0.25, 0.3) is 0 Å². The van der Waals surface area contributed by atoms with E-state index in [-0.39, 0.29) is 5.57 Å². The molecule has 0 unspecified atom stereocenters. The Morgan fingerprint density at radius 2 is 1.63 bits per heavy atom. The Kier molecular flexibility index (Phi) is 4.37. The molecule has 6 heteroatoms. The van der Waals surface area contributed by atoms with Crippen LogP contribution in [-0.2, 0) is 23.9 Å². The Hall–Kier alpha value is -2.24. The lowest BCUT2D eigenvalue weighted by Gasteiger charge is -2.13. The quantitative estimate of drug-likeness (QED) is 0.408. The number of carbonyl (C=O) groups is 4. The van der Waals surface area contributed by atoms with E-state index in [4.69, 9.17) is 0 Å². The molecule has 102 valence electrons. The Labute approximate surface area is 110 Å². The maximum atomic E-state index is 11.7. The predicted octanol–water partition coefficient (Wildman–Crippen LogP) is 0.380. The van der Waals surface area contributed by atoms with Crippen LogP contribution in [0.15, 0.2) is 23.3 Å². The molecule has 0 spiro atoms. The molecule has 2 amide bonds. The lowest BCUT2D eigenvalue weighted by molar-refractivity contribution is -0.153. The van der Waals surface area contributed by atoms with E-state index in [1.54, 1.807) is 0 Å². The average molecular weight is 265 g/mol. The van der Waals surface area contributed by atoms with E-state index in [0.717, 1.165) is 4.90 Å². The first-order valence-corrected chi connectivity index (χ1v) is 5.63. The molecule has 0 bridgehead atoms. The minimum absolute atomic E-state index is 0.273. The van der Waals surface area contributed by atoms with Crippen molar-refractivity contribution in [2.75, 3.05) is 13.2 Å². The number of rotatable bonds is 5. The lowest BCUT2D eigenvalue weighted by atomic mass is 10.2. The first-order valence-electron chi connectivity index (χ1n) is 5.63. The molecule has 0 fully saturated rings. The van der Waals surface area contributed by atoms with Crippen molar-refractivity contribution in [1.82, 2.24) is 4.90 Å². The highest BCUT2D eigenvalue weighted by Gasteiger charge is 2.34. The fourth-order valence-electron chi connectivity index (χ4n) is 1.41. The van der Waals surface area contributed by atoms with Crippen LogP contribution >= 0.6 is 0 Å². The van der Waals surface area contributed by atoms with Crippen molar-refractivity contribution in [3.05, 3.63) is 23.3 Å². The third-order valence-corrected chi connectivity index (χ3v) is 2.82. The SMILES string of the molecule is C=C(C)C(=O)COC(=O)CN1C(=O)C(C)=C(C)C1=O. The molecule has 0 saturated heterocycles. The molecule has 1 aliphatic rings. The molecule has 1 heterocycles. The highest BCUT2D eigenvalue weighted by atomic mass is 16.5. The van der Waals surface area contributed by atoms with Gasteiger partial charge in [-0.1, -0.05) is 6.58 Å². The number of hydrogen-bond acceptors (Lipinski definition) is 5. The zero-order valence-electron chi connectivity index (χ0n) is 11.1. The lowest BCUT2D eigenvalue weighted by Crippen LogP contribution is -2.37. The number of Topliss-reactive ketones (excluding diaryl/α,β-unsaturated/α-hetero) is 1. The summed E-state index contributed by atoms with van der Waals surface area (Å²) in [6, 6.07) is 0. The van der Waals surface area contributed by atoms with E-state index in [0.29, 0.717) is 11.1 Å². The van der Waals surface area contributed by atoms with E-state index in [1.165, 1.54) is 20.8 Å². The summed E-state index contributed by atoms with van der Waals surface area (Å²) in [6.07, 6.45) is 0. The fraction of sp³-hybridized carbons (Fsp3) is 0.385. The normalized spacial score (nSPS) is 15.0. The van der Waals surface area contributed by atoms with Crippen molar-refractivity contribution in [3.63, 3.8) is 0 Å². The maximum absolute atomic E-state index is 11.7. The minimum Gasteiger partial charge on any atom is -0.456 e. The van der Waals surface area contributed by atoms with Crippen LogP contribution in [0.2, 0.25) is 0 Å². The van der Waals surface area contributed by atoms with E-state index in [1.807, 2.05) is 0 Å². The van der Waals surface area contributed by atoms with E-state index in [2.05, 4.69) is 11.3 Å². The van der Waals surface area contributed by atoms with Crippen LogP contribution in [0.1, 0.15) is 20.8 Å². The summed E-state index contributed by atoms with van der Waals surface area (Å²) in [5, 5.41) is 0. The van der Waals surface area contributed by atoms with Gasteiger partial charge in [-0.05, 0) is 26.3 Å². The molecule has 0 saturated carbocycles. The highest BCUT2D eigenvalue weighted by molar-refractivity contribution is 6.19. The third kappa shape index (κ3) is 3.15. The van der Waals surface area contributed by atoms with Gasteiger partial charge < -0.3 is 4.74 Å². The van der Waals surface area contributed by atoms with Crippen molar-refractivity contribution in [2.45, 2.75) is 20.8 Å². The Balaban J connectivity index is 2.56. The Morgan fingerprint density at radius 1 is 1.16 bits per heavy atom. The molecule has 0 aromatic carbocycles. The van der Waals surface area contributed by atoms with Crippen molar-refractivity contribution >= 4 is 23.6 Å². The van der Waals surface area contributed by atoms with Gasteiger partial charge in [0, 0.05) is 11.1 Å². The van der Waals surface area contributed by atoms with Gasteiger partial charge in [0.05, 0.1) is 0 Å². The number of ether oxygens (including phenoxy) is 1. The van der Waals surface area contributed by atoms with Crippen LogP contribution in [-0.4, -0.2) is 41.6 Å². The smallest absolute Gasteiger partial charge is 0.326 e. The number of nitrogens with zero attached hydrogens (tertiary/aromatic N) is 1. The fourth-order valence-corrected chi connectivity index (χ4v) is 1.41. The van der Waals surface area contributed by atoms with Gasteiger partial charge in [-0.25, -0.2) is 0 Å². The van der Waals surface area contributed by atoms with Crippen LogP contribution in [0, 0.1) is 0 Å². The van der Waals surface area contributed by atoms with Crippen molar-refractivity contribution in [2.24, 2.45) is 0 Å². The number of hydrogen-bond donors (Lipinski definition) is 0. The van der Waals surface area contributed by atoms with E-state index in [9.17, 15) is 19.2 Å². The summed E-state index contributed by atoms with van der Waals surface area (Å²) in [5.41, 5.74) is 0.904. The van der Waals surface area contributed by atoms with Crippen LogP contribution < -0.4 is 0 Å². The maximum Gasteiger partial charge on any atom is 0.326 e. The summed E-state index contributed by atoms with van der Waals surface area (Å²) >= 11 is 0. The predicted molar refractivity (Wildman–Crippen MR) is 65.9 cm³/mol. The molecule has 0 aliphatic carbocycles. The largest absolute Gasteiger partial charge is 0.456 e. The zero-order chi connectivity index (χ0) is 14.7. The summed E-state index contributed by atoms with van der Waals surface area (Å²) < 4.78 is 4.68. The number of ketones is 1. The molecule has 0 aromatic heterocycles. The third-order valence-electron chi connectivity index (χ3n) is 2.82. The van der Waals surface area contributed by atoms with Gasteiger partial charge in [-0.15, -0.1) is 0 Å². The van der Waals surface area contributed by atoms with Crippen LogP contribution in [0.5, 0.6) is 0 Å². The molecular weight excluding hydrogens is 250 g/mol. The van der Waals surface area contributed by atoms with Gasteiger partial charge in [-0.2, -0.15) is 0 Å². The number of esters is 1. The summed E-state index contributed by atoms with van der Waals surface area (Å²) in [5.74, 6) is -2.23. The van der Waals surface area contributed by atoms with E-state index >= 15 is 0 Å². The van der Waals surface area contributed by atoms with Crippen molar-refractivity contribution in [3.8, 4) is 0 Å². The molecule has 0 aromatic rings. The Morgan fingerprint density at radius 3 is 2.05 bits per heavy atom. The zero-order valence-corrected chi connectivity index (χ0v) is 11.1. The highest BCUT2D eigenvalue weighted by Crippen LogP contribution is 2.19. The van der Waals surface area contributed by atoms with Crippen molar-refractivity contribution < 1.29 is 23.9 Å². The van der Waals surface area contributed by atoms with Gasteiger partial charge in [0.1, 0.15) is 6.54 Å². The molecule has 0 radical (unpaired) electrons. The second-order valence-electron chi connectivity index (χ2n) is 4.31. The second-order valence-corrected chi connectivity index (χ2v) is 4.31. The average Bonchev–Trinajstić information content (AvgIpc) is 2.53. The van der Waals surface area contributed by atoms with Gasteiger partial charge in [0.25, 0.3) is 11.8 Å². The van der Waals surface area contributed by atoms with Crippen LogP contribution in [0.3, 0.4) is 0 Å². The number of amides is 2. The molecule has 6 nitrogen and oxygen atoms in total. The van der Waals surface area contributed by atoms with E-state index < -0.39 is 36.7 Å². The van der Waals surface area contributed by atoms with Gasteiger partial charge in [-0.3, -0.25) is 24.1 Å². The molecule has 19 heavy (non-hydrogen) atoms. The topological polar surface area (TPSA) is 80.8 Å². The van der Waals surface area contributed by atoms with Crippen LogP contribution in [0.4, 0.5) is 0 Å². The summed E-state index contributed by atoms with van der Waals surface area (Å²) in [7, 11) is 0. The van der Waals surface area contributed by atoms with Gasteiger partial charge in [0.15, 0.2) is 12.4 Å². The summed E-state index contributed by atoms with van der Waals surface area (Å²) in [6.45, 7) is 7.03. The number of carbonyl (C=O) groups excluding carboxylic acids is 4. The van der Waals surface area contributed by atoms with Crippen molar-refractivity contribution in [1.29, 1.82) is 0 Å². The number of imide groups is 1. The monoisotopic (exact) mass is 265 g/mol. The molecule has 0 N–H and O–H groups in total. The molecule has 1 aliphatic heterocycles. The first kappa shape index (κ1) is 14.8. The molecule has 1 rings (SSSR count). The second kappa shape index (κ2) is 5.60. The summed E-state index contributed by atoms with van der Waals surface area (Å²) in [4.78, 5) is 46.8.